The number of rotatable bonds is 13. The molecule has 3 aliphatic carbocycles. The Morgan fingerprint density at radius 2 is 1.35 bits per heavy atom. The minimum absolute atomic E-state index is 0.0985. The van der Waals surface area contributed by atoms with Gasteiger partial charge in [-0.15, -0.1) is 0 Å². The molecule has 40 heavy (non-hydrogen) atoms. The van der Waals surface area contributed by atoms with Crippen LogP contribution in [0.5, 0.6) is 0 Å². The molecule has 3 N–H and O–H groups in total. The van der Waals surface area contributed by atoms with Gasteiger partial charge in [-0.25, -0.2) is 10.3 Å². The van der Waals surface area contributed by atoms with E-state index >= 15 is 0 Å². The van der Waals surface area contributed by atoms with Crippen molar-refractivity contribution in [2.75, 3.05) is 6.61 Å². The molecule has 0 bridgehead atoms. The molecule has 0 aromatic rings. The van der Waals surface area contributed by atoms with Crippen LogP contribution in [-0.4, -0.2) is 48.5 Å². The lowest BCUT2D eigenvalue weighted by molar-refractivity contribution is -0.152. The molecule has 2 atom stereocenters. The van der Waals surface area contributed by atoms with Crippen LogP contribution in [0.3, 0.4) is 0 Å². The van der Waals surface area contributed by atoms with E-state index in [1.807, 2.05) is 13.8 Å². The smallest absolute Gasteiger partial charge is 0.407 e. The summed E-state index contributed by atoms with van der Waals surface area (Å²) in [6.07, 6.45) is 14.8. The highest BCUT2D eigenvalue weighted by atomic mass is 16.7. The summed E-state index contributed by atoms with van der Waals surface area (Å²) in [6, 6.07) is -1.83. The van der Waals surface area contributed by atoms with Crippen LogP contribution in [0.1, 0.15) is 124 Å². The minimum Gasteiger partial charge on any atom is -0.449 e. The molecule has 228 valence electrons. The number of ketones is 1. The monoisotopic (exact) mass is 563 g/mol. The third kappa shape index (κ3) is 11.4. The van der Waals surface area contributed by atoms with E-state index in [-0.39, 0.29) is 17.9 Å². The van der Waals surface area contributed by atoms with Gasteiger partial charge in [0.2, 0.25) is 11.7 Å². The van der Waals surface area contributed by atoms with E-state index in [1.165, 1.54) is 12.8 Å². The van der Waals surface area contributed by atoms with Crippen LogP contribution in [0.25, 0.3) is 0 Å². The maximum absolute atomic E-state index is 13.4. The zero-order valence-electron chi connectivity index (χ0n) is 25.0. The van der Waals surface area contributed by atoms with Crippen molar-refractivity contribution in [1.29, 1.82) is 0 Å². The van der Waals surface area contributed by atoms with Crippen molar-refractivity contribution in [3.63, 3.8) is 0 Å². The Hall–Kier alpha value is -2.16. The first-order chi connectivity index (χ1) is 19.2. The number of amides is 3. The minimum atomic E-state index is -0.972. The summed E-state index contributed by atoms with van der Waals surface area (Å²) >= 11 is 0. The Labute approximate surface area is 240 Å². The van der Waals surface area contributed by atoms with Gasteiger partial charge in [-0.1, -0.05) is 72.1 Å². The summed E-state index contributed by atoms with van der Waals surface area (Å²) in [5.41, 5.74) is 2.37. The fourth-order valence-corrected chi connectivity index (χ4v) is 6.39. The summed E-state index contributed by atoms with van der Waals surface area (Å²) in [6.45, 7) is 6.49. The Bertz CT molecular complexity index is 814. The molecule has 0 aromatic heterocycles. The third-order valence-corrected chi connectivity index (χ3v) is 8.92. The average molecular weight is 564 g/mol. The number of carbonyl (C=O) groups is 4. The lowest BCUT2D eigenvalue weighted by Crippen LogP contribution is -2.55. The molecule has 0 saturated heterocycles. The summed E-state index contributed by atoms with van der Waals surface area (Å²) in [5.74, 6) is -0.611. The van der Waals surface area contributed by atoms with Gasteiger partial charge in [-0.2, -0.15) is 0 Å². The molecular weight excluding hydrogens is 510 g/mol. The predicted octanol–water partition coefficient (Wildman–Crippen LogP) is 5.36. The third-order valence-electron chi connectivity index (χ3n) is 8.92. The van der Waals surface area contributed by atoms with Crippen molar-refractivity contribution in [1.82, 2.24) is 16.1 Å². The number of alkyl carbamates (subject to hydrolysis) is 1. The number of hydroxylamine groups is 1. The van der Waals surface area contributed by atoms with Gasteiger partial charge in [0, 0.05) is 0 Å². The lowest BCUT2D eigenvalue weighted by atomic mass is 9.84. The highest BCUT2D eigenvalue weighted by Crippen LogP contribution is 2.28. The number of Topliss-reactive ketones (excluding diaryl/α,β-unsaturated/α-hetero) is 1. The van der Waals surface area contributed by atoms with Crippen LogP contribution in [-0.2, 0) is 24.0 Å². The van der Waals surface area contributed by atoms with Crippen LogP contribution in [0.2, 0.25) is 0 Å². The number of hydrogen-bond acceptors (Lipinski definition) is 6. The molecule has 3 saturated carbocycles. The molecule has 0 aromatic carbocycles. The van der Waals surface area contributed by atoms with Gasteiger partial charge in [-0.05, 0) is 75.0 Å². The second-order valence-electron chi connectivity index (χ2n) is 13.0. The Morgan fingerprint density at radius 1 is 0.750 bits per heavy atom. The van der Waals surface area contributed by atoms with Crippen LogP contribution in [0.4, 0.5) is 4.79 Å². The van der Waals surface area contributed by atoms with Crippen LogP contribution >= 0.6 is 0 Å². The van der Waals surface area contributed by atoms with Gasteiger partial charge in [-0.3, -0.25) is 19.2 Å². The second kappa shape index (κ2) is 16.9. The number of nitrogens with one attached hydrogen (secondary N) is 3. The maximum atomic E-state index is 13.4. The number of carbonyl (C=O) groups excluding carboxylic acids is 4. The summed E-state index contributed by atoms with van der Waals surface area (Å²) in [4.78, 5) is 57.8. The predicted molar refractivity (Wildman–Crippen MR) is 153 cm³/mol. The first kappa shape index (κ1) is 32.4. The number of hydrogen-bond donors (Lipinski definition) is 3. The van der Waals surface area contributed by atoms with E-state index in [4.69, 9.17) is 9.57 Å². The SMILES string of the molecule is CC(C)C[C@H](NC(=O)OCC1CCCCC1)C(=O)N[C@@H](CC1CCCCC1)C(=O)C(=O)NOC1CCC(C)CC1. The molecule has 0 heterocycles. The van der Waals surface area contributed by atoms with Gasteiger partial charge in [0.25, 0.3) is 0 Å². The van der Waals surface area contributed by atoms with Gasteiger partial charge >= 0.3 is 12.0 Å². The number of ether oxygens (including phenoxy) is 1. The standard InChI is InChI=1S/C31H53N3O6/c1-21(2)18-27(33-31(38)39-20-24-12-8-5-9-13-24)29(36)32-26(19-23-10-6-4-7-11-23)28(35)30(37)34-40-25-16-14-22(3)15-17-25/h21-27H,4-20H2,1-3H3,(H,32,36)(H,33,38)(H,34,37)/t22?,25?,26-,27-/m0/s1. The van der Waals surface area contributed by atoms with Gasteiger partial charge in [0.15, 0.2) is 0 Å². The first-order valence-electron chi connectivity index (χ1n) is 15.9. The van der Waals surface area contributed by atoms with Crippen molar-refractivity contribution in [3.8, 4) is 0 Å². The molecule has 0 radical (unpaired) electrons. The van der Waals surface area contributed by atoms with E-state index in [9.17, 15) is 19.2 Å². The van der Waals surface area contributed by atoms with Crippen LogP contribution < -0.4 is 16.1 Å². The van der Waals surface area contributed by atoms with E-state index in [0.29, 0.717) is 31.3 Å². The summed E-state index contributed by atoms with van der Waals surface area (Å²) in [5, 5.41) is 5.56. The Balaban J connectivity index is 1.59. The van der Waals surface area contributed by atoms with E-state index in [1.54, 1.807) is 0 Å². The molecule has 3 aliphatic rings. The fourth-order valence-electron chi connectivity index (χ4n) is 6.39. The lowest BCUT2D eigenvalue weighted by Gasteiger charge is -2.29. The quantitative estimate of drug-likeness (QED) is 0.205. The molecule has 3 amide bonds. The van der Waals surface area contributed by atoms with E-state index in [0.717, 1.165) is 77.0 Å². The van der Waals surface area contributed by atoms with Crippen LogP contribution in [0, 0.1) is 23.7 Å². The molecule has 3 rings (SSSR count). The summed E-state index contributed by atoms with van der Waals surface area (Å²) < 4.78 is 5.47. The fraction of sp³-hybridized carbons (Fsp3) is 0.871. The van der Waals surface area contributed by atoms with Gasteiger partial charge in [0.1, 0.15) is 6.04 Å². The van der Waals surface area contributed by atoms with Crippen LogP contribution in [0.15, 0.2) is 0 Å². The average Bonchev–Trinajstić information content (AvgIpc) is 2.95. The first-order valence-corrected chi connectivity index (χ1v) is 15.9. The van der Waals surface area contributed by atoms with E-state index < -0.39 is 35.8 Å². The zero-order valence-corrected chi connectivity index (χ0v) is 25.0. The molecule has 9 heteroatoms. The van der Waals surface area contributed by atoms with E-state index in [2.05, 4.69) is 23.0 Å². The van der Waals surface area contributed by atoms with Gasteiger partial charge < -0.3 is 15.4 Å². The topological polar surface area (TPSA) is 123 Å². The van der Waals surface area contributed by atoms with Crippen molar-refractivity contribution in [2.45, 2.75) is 142 Å². The molecule has 0 unspecified atom stereocenters. The maximum Gasteiger partial charge on any atom is 0.407 e. The van der Waals surface area contributed by atoms with Crippen molar-refractivity contribution in [2.24, 2.45) is 23.7 Å². The molecule has 9 nitrogen and oxygen atoms in total. The normalized spacial score (nSPS) is 24.1. The highest BCUT2D eigenvalue weighted by molar-refractivity contribution is 6.38. The summed E-state index contributed by atoms with van der Waals surface area (Å²) in [7, 11) is 0. The van der Waals surface area contributed by atoms with Gasteiger partial charge in [0.05, 0.1) is 18.8 Å². The Kier molecular flexibility index (Phi) is 13.7. The largest absolute Gasteiger partial charge is 0.449 e. The molecule has 0 aliphatic heterocycles. The molecule has 0 spiro atoms. The second-order valence-corrected chi connectivity index (χ2v) is 13.0. The molecule has 3 fully saturated rings. The molecular formula is C31H53N3O6. The van der Waals surface area contributed by atoms with Crippen molar-refractivity contribution < 1.29 is 28.8 Å². The van der Waals surface area contributed by atoms with Crippen molar-refractivity contribution >= 4 is 23.7 Å². The van der Waals surface area contributed by atoms with Crippen molar-refractivity contribution in [3.05, 3.63) is 0 Å². The Morgan fingerprint density at radius 3 is 1.95 bits per heavy atom. The highest BCUT2D eigenvalue weighted by Gasteiger charge is 2.34. The zero-order chi connectivity index (χ0) is 28.9.